The molecule has 1 aliphatic rings. The minimum absolute atomic E-state index is 0.126. The second kappa shape index (κ2) is 7.69. The fourth-order valence-electron chi connectivity index (χ4n) is 2.64. The molecule has 0 radical (unpaired) electrons. The number of hydrogen-bond donors (Lipinski definition) is 2. The first kappa shape index (κ1) is 18.3. The van der Waals surface area contributed by atoms with E-state index in [-0.39, 0.29) is 17.9 Å². The molecule has 0 saturated carbocycles. The Hall–Kier alpha value is -3.03. The van der Waals surface area contributed by atoms with Gasteiger partial charge in [0.1, 0.15) is 11.5 Å². The molecule has 8 heteroatoms. The predicted molar refractivity (Wildman–Crippen MR) is 89.1 cm³/mol. The number of benzene rings is 1. The number of nitrogens with one attached hydrogen (secondary N) is 2. The first-order chi connectivity index (χ1) is 11.9. The van der Waals surface area contributed by atoms with Gasteiger partial charge in [-0.2, -0.15) is 0 Å². The Morgan fingerprint density at radius 1 is 1.20 bits per heavy atom. The quantitative estimate of drug-likeness (QED) is 0.776. The number of allylic oxidation sites excluding steroid dienone is 1. The molecule has 25 heavy (non-hydrogen) atoms. The van der Waals surface area contributed by atoms with Gasteiger partial charge in [0.05, 0.1) is 38.5 Å². The Labute approximate surface area is 145 Å². The minimum atomic E-state index is -0.961. The molecule has 0 unspecified atom stereocenters. The number of ether oxygens (including phenoxy) is 3. The predicted octanol–water partition coefficient (Wildman–Crippen LogP) is 1.23. The molecule has 1 atom stereocenters. The van der Waals surface area contributed by atoms with E-state index in [2.05, 4.69) is 10.6 Å². The molecule has 8 nitrogen and oxygen atoms in total. The lowest BCUT2D eigenvalue weighted by molar-refractivity contribution is -0.139. The smallest absolute Gasteiger partial charge is 0.336 e. The third kappa shape index (κ3) is 3.90. The van der Waals surface area contributed by atoms with Crippen molar-refractivity contribution < 1.29 is 28.6 Å². The number of amides is 2. The number of carbonyl (C=O) groups is 3. The third-order valence-corrected chi connectivity index (χ3v) is 3.86. The third-order valence-electron chi connectivity index (χ3n) is 3.86. The van der Waals surface area contributed by atoms with Crippen LogP contribution >= 0.6 is 0 Å². The van der Waals surface area contributed by atoms with Crippen LogP contribution in [0.5, 0.6) is 11.5 Å². The number of hydrogen-bond acceptors (Lipinski definition) is 6. The summed E-state index contributed by atoms with van der Waals surface area (Å²) in [5.41, 5.74) is 0.807. The fourth-order valence-corrected chi connectivity index (χ4v) is 2.64. The van der Waals surface area contributed by atoms with E-state index >= 15 is 0 Å². The second-order valence-electron chi connectivity index (χ2n) is 5.39. The maximum atomic E-state index is 12.7. The summed E-state index contributed by atoms with van der Waals surface area (Å²) in [4.78, 5) is 36.5. The molecule has 0 aliphatic carbocycles. The second-order valence-corrected chi connectivity index (χ2v) is 5.39. The highest BCUT2D eigenvalue weighted by Crippen LogP contribution is 2.31. The van der Waals surface area contributed by atoms with Crippen LogP contribution in [0.1, 0.15) is 13.3 Å². The molecule has 2 N–H and O–H groups in total. The fraction of sp³-hybridized carbons (Fsp3) is 0.353. The van der Waals surface area contributed by atoms with E-state index in [9.17, 15) is 14.4 Å². The van der Waals surface area contributed by atoms with E-state index in [1.165, 1.54) is 21.3 Å². The molecular formula is C17H20N2O6. The van der Waals surface area contributed by atoms with Crippen LogP contribution in [0.3, 0.4) is 0 Å². The summed E-state index contributed by atoms with van der Waals surface area (Å²) in [6, 6.07) is 4.92. The van der Waals surface area contributed by atoms with Gasteiger partial charge in [-0.15, -0.1) is 0 Å². The summed E-state index contributed by atoms with van der Waals surface area (Å²) < 4.78 is 15.1. The number of anilines is 1. The van der Waals surface area contributed by atoms with E-state index < -0.39 is 17.8 Å². The highest BCUT2D eigenvalue weighted by molar-refractivity contribution is 6.06. The first-order valence-corrected chi connectivity index (χ1v) is 7.53. The summed E-state index contributed by atoms with van der Waals surface area (Å²) in [6.45, 7) is 1.55. The average molecular weight is 348 g/mol. The number of esters is 1. The van der Waals surface area contributed by atoms with Crippen LogP contribution in [0, 0.1) is 5.92 Å². The zero-order valence-electron chi connectivity index (χ0n) is 14.5. The van der Waals surface area contributed by atoms with Gasteiger partial charge < -0.3 is 24.8 Å². The van der Waals surface area contributed by atoms with Crippen molar-refractivity contribution in [2.75, 3.05) is 26.6 Å². The van der Waals surface area contributed by atoms with Gasteiger partial charge in [0, 0.05) is 18.2 Å². The topological polar surface area (TPSA) is 103 Å². The zero-order valence-corrected chi connectivity index (χ0v) is 14.5. The van der Waals surface area contributed by atoms with E-state index in [4.69, 9.17) is 14.2 Å². The van der Waals surface area contributed by atoms with Gasteiger partial charge in [-0.25, -0.2) is 4.79 Å². The zero-order chi connectivity index (χ0) is 18.6. The van der Waals surface area contributed by atoms with Crippen LogP contribution < -0.4 is 20.1 Å². The summed E-state index contributed by atoms with van der Waals surface area (Å²) in [7, 11) is 4.19. The van der Waals surface area contributed by atoms with E-state index in [1.807, 2.05) is 0 Å². The lowest BCUT2D eigenvalue weighted by atomic mass is 9.89. The highest BCUT2D eigenvalue weighted by atomic mass is 16.5. The molecule has 0 saturated heterocycles. The summed E-state index contributed by atoms with van der Waals surface area (Å²) in [5, 5.41) is 5.24. The molecule has 1 aromatic carbocycles. The van der Waals surface area contributed by atoms with Gasteiger partial charge in [0.15, 0.2) is 0 Å². The molecule has 2 amide bonds. The van der Waals surface area contributed by atoms with Crippen molar-refractivity contribution >= 4 is 23.5 Å². The maximum absolute atomic E-state index is 12.7. The first-order valence-electron chi connectivity index (χ1n) is 7.53. The number of carbonyl (C=O) groups excluding carboxylic acids is 3. The Bertz CT molecular complexity index is 741. The number of rotatable bonds is 5. The van der Waals surface area contributed by atoms with Crippen molar-refractivity contribution in [3.63, 3.8) is 0 Å². The molecule has 1 aliphatic heterocycles. The van der Waals surface area contributed by atoms with Crippen LogP contribution in [-0.4, -0.2) is 39.1 Å². The minimum Gasteiger partial charge on any atom is -0.497 e. The highest BCUT2D eigenvalue weighted by Gasteiger charge is 2.36. The Morgan fingerprint density at radius 2 is 1.92 bits per heavy atom. The maximum Gasteiger partial charge on any atom is 0.336 e. The molecular weight excluding hydrogens is 328 g/mol. The van der Waals surface area contributed by atoms with E-state index in [1.54, 1.807) is 25.1 Å². The van der Waals surface area contributed by atoms with Gasteiger partial charge >= 0.3 is 5.97 Å². The lowest BCUT2D eigenvalue weighted by Gasteiger charge is -2.25. The Balaban J connectivity index is 2.34. The molecule has 0 bridgehead atoms. The normalized spacial score (nSPS) is 16.8. The molecule has 0 aromatic heterocycles. The largest absolute Gasteiger partial charge is 0.497 e. The SMILES string of the molecule is COC(=O)C1=C(C)NC(=O)C[C@@H]1C(=O)Nc1cc(OC)ccc1OC. The summed E-state index contributed by atoms with van der Waals surface area (Å²) >= 11 is 0. The molecule has 0 spiro atoms. The van der Waals surface area contributed by atoms with Crippen molar-refractivity contribution in [1.82, 2.24) is 5.32 Å². The van der Waals surface area contributed by atoms with Gasteiger partial charge in [-0.3, -0.25) is 9.59 Å². The van der Waals surface area contributed by atoms with Gasteiger partial charge in [-0.1, -0.05) is 0 Å². The standard InChI is InChI=1S/C17H20N2O6/c1-9-15(17(22)25-4)11(8-14(20)18-9)16(21)19-12-7-10(23-2)5-6-13(12)24-3/h5-7,11H,8H2,1-4H3,(H,18,20)(H,19,21)/t11-/m0/s1. The average Bonchev–Trinajstić information content (AvgIpc) is 2.60. The van der Waals surface area contributed by atoms with Crippen LogP contribution in [0.25, 0.3) is 0 Å². The van der Waals surface area contributed by atoms with E-state index in [0.717, 1.165) is 0 Å². The van der Waals surface area contributed by atoms with Gasteiger partial charge in [0.2, 0.25) is 11.8 Å². The van der Waals surface area contributed by atoms with Crippen molar-refractivity contribution in [3.05, 3.63) is 29.5 Å². The van der Waals surface area contributed by atoms with Gasteiger partial charge in [-0.05, 0) is 19.1 Å². The summed E-state index contributed by atoms with van der Waals surface area (Å²) in [5.74, 6) is -1.52. The van der Waals surface area contributed by atoms with Crippen molar-refractivity contribution in [2.24, 2.45) is 5.92 Å². The summed E-state index contributed by atoms with van der Waals surface area (Å²) in [6.07, 6.45) is -0.153. The van der Waals surface area contributed by atoms with Crippen LogP contribution in [0.2, 0.25) is 0 Å². The van der Waals surface area contributed by atoms with E-state index in [0.29, 0.717) is 22.9 Å². The Morgan fingerprint density at radius 3 is 2.52 bits per heavy atom. The molecule has 1 heterocycles. The monoisotopic (exact) mass is 348 g/mol. The van der Waals surface area contributed by atoms with Crippen molar-refractivity contribution in [2.45, 2.75) is 13.3 Å². The molecule has 0 fully saturated rings. The van der Waals surface area contributed by atoms with Crippen LogP contribution in [0.15, 0.2) is 29.5 Å². The van der Waals surface area contributed by atoms with Crippen molar-refractivity contribution in [1.29, 1.82) is 0 Å². The van der Waals surface area contributed by atoms with Crippen LogP contribution in [0.4, 0.5) is 5.69 Å². The number of methoxy groups -OCH3 is 3. The Kier molecular flexibility index (Phi) is 5.63. The molecule has 1 aromatic rings. The lowest BCUT2D eigenvalue weighted by Crippen LogP contribution is -2.40. The molecule has 134 valence electrons. The van der Waals surface area contributed by atoms with Crippen molar-refractivity contribution in [3.8, 4) is 11.5 Å². The van der Waals surface area contributed by atoms with Gasteiger partial charge in [0.25, 0.3) is 0 Å². The molecule has 2 rings (SSSR count). The van der Waals surface area contributed by atoms with Crippen LogP contribution in [-0.2, 0) is 19.1 Å².